The molecule has 0 atom stereocenters. The maximum atomic E-state index is 11.1. The average Bonchev–Trinajstić information content (AvgIpc) is 3.08. The number of allylic oxidation sites excluding steroid dienone is 4. The first-order valence-corrected chi connectivity index (χ1v) is 11.7. The summed E-state index contributed by atoms with van der Waals surface area (Å²) in [5.41, 5.74) is 7.23. The topological polar surface area (TPSA) is 40.9 Å². The third kappa shape index (κ3) is 24.6. The summed E-state index contributed by atoms with van der Waals surface area (Å²) < 4.78 is 0. The molecule has 1 N–H and O–H groups in total. The largest absolute Gasteiger partial charge is 4.00 e. The van der Waals surface area contributed by atoms with Crippen molar-refractivity contribution in [1.82, 2.24) is 0 Å². The summed E-state index contributed by atoms with van der Waals surface area (Å²) in [6, 6.07) is 0. The first kappa shape index (κ1) is 34.2. The van der Waals surface area contributed by atoms with Gasteiger partial charge in [-0.05, 0) is 12.8 Å². The van der Waals surface area contributed by atoms with Crippen LogP contribution in [-0.2, 0) is 31.0 Å². The van der Waals surface area contributed by atoms with Crippen molar-refractivity contribution >= 4 is 15.4 Å². The molecule has 2 nitrogen and oxygen atoms in total. The number of hydrogen-bond donors (Lipinski definition) is 0. The van der Waals surface area contributed by atoms with Crippen molar-refractivity contribution in [2.24, 2.45) is 5.92 Å². The van der Waals surface area contributed by atoms with Gasteiger partial charge in [-0.25, -0.2) is 12.2 Å². The predicted molar refractivity (Wildman–Crippen MR) is 104 cm³/mol. The number of hydrogen-bond acceptors (Lipinski definition) is 1. The first-order chi connectivity index (χ1) is 11.2. The Morgan fingerprint density at radius 1 is 0.923 bits per heavy atom. The van der Waals surface area contributed by atoms with Crippen molar-refractivity contribution in [2.45, 2.75) is 90.1 Å². The van der Waals surface area contributed by atoms with Gasteiger partial charge in [-0.1, -0.05) is 70.9 Å². The molecule has 0 spiro atoms. The second kappa shape index (κ2) is 27.8. The van der Waals surface area contributed by atoms with Gasteiger partial charge in [0.2, 0.25) is 0 Å². The summed E-state index contributed by atoms with van der Waals surface area (Å²) in [5, 5.41) is 0. The molecule has 26 heavy (non-hydrogen) atoms. The van der Waals surface area contributed by atoms with Crippen LogP contribution in [0.3, 0.4) is 0 Å². The minimum absolute atomic E-state index is 0. The van der Waals surface area contributed by atoms with Gasteiger partial charge in [0.1, 0.15) is 0 Å². The SMILES string of the molecule is C[SiH]C.[C-]1=CC=CC1.[Cl-].[Cl-].[NH-]C(=O)C1CCCCCCCCCCC1.[Zr+4]. The molecule has 0 bridgehead atoms. The Labute approximate surface area is 196 Å². The molecule has 2 aliphatic rings. The van der Waals surface area contributed by atoms with Crippen molar-refractivity contribution in [2.75, 3.05) is 0 Å². The fourth-order valence-electron chi connectivity index (χ4n) is 2.77. The Bertz CT molecular complexity index is 320. The van der Waals surface area contributed by atoms with Gasteiger partial charge in [0.25, 0.3) is 0 Å². The number of halogens is 2. The van der Waals surface area contributed by atoms with E-state index in [1.165, 1.54) is 44.9 Å². The zero-order valence-electron chi connectivity index (χ0n) is 16.5. The zero-order valence-corrected chi connectivity index (χ0v) is 21.7. The molecule has 1 fully saturated rings. The van der Waals surface area contributed by atoms with Crippen LogP contribution in [0.1, 0.15) is 77.0 Å². The Kier molecular flexibility index (Phi) is 36.6. The van der Waals surface area contributed by atoms with Gasteiger partial charge in [-0.15, -0.1) is 6.42 Å². The van der Waals surface area contributed by atoms with Crippen LogP contribution < -0.4 is 24.8 Å². The van der Waals surface area contributed by atoms with Gasteiger partial charge in [0.15, 0.2) is 0 Å². The molecule has 0 heterocycles. The van der Waals surface area contributed by atoms with Gasteiger partial charge >= 0.3 is 26.2 Å². The van der Waals surface area contributed by atoms with E-state index >= 15 is 0 Å². The minimum atomic E-state index is -0.327. The van der Waals surface area contributed by atoms with Crippen molar-refractivity contribution in [1.29, 1.82) is 0 Å². The number of amides is 1. The van der Waals surface area contributed by atoms with Gasteiger partial charge in [0, 0.05) is 15.4 Å². The summed E-state index contributed by atoms with van der Waals surface area (Å²) >= 11 is 0. The van der Waals surface area contributed by atoms with E-state index in [1.807, 2.05) is 12.2 Å². The van der Waals surface area contributed by atoms with Crippen molar-refractivity contribution in [3.05, 3.63) is 30.0 Å². The van der Waals surface area contributed by atoms with Crippen LogP contribution in [0, 0.1) is 12.0 Å². The van der Waals surface area contributed by atoms with Crippen LogP contribution in [0.2, 0.25) is 13.1 Å². The van der Waals surface area contributed by atoms with Crippen LogP contribution >= 0.6 is 0 Å². The van der Waals surface area contributed by atoms with E-state index in [2.05, 4.69) is 25.2 Å². The third-order valence-electron chi connectivity index (χ3n) is 4.06. The van der Waals surface area contributed by atoms with Gasteiger partial charge < -0.3 is 35.3 Å². The number of nitrogens with one attached hydrogen (secondary N) is 1. The van der Waals surface area contributed by atoms with Crippen molar-refractivity contribution in [3.63, 3.8) is 0 Å². The molecule has 0 unspecified atom stereocenters. The molecule has 2 aliphatic carbocycles. The summed E-state index contributed by atoms with van der Waals surface area (Å²) in [6.45, 7) is 4.42. The van der Waals surface area contributed by atoms with Crippen LogP contribution in [-0.4, -0.2) is 15.4 Å². The molecule has 0 saturated heterocycles. The minimum Gasteiger partial charge on any atom is -1.00 e. The number of rotatable bonds is 1. The molecular formula is C20H36Cl2NOSiZr. The number of carbonyl (C=O) groups excluding carboxylic acids is 1. The quantitative estimate of drug-likeness (QED) is 0.381. The average molecular weight is 497 g/mol. The predicted octanol–water partition coefficient (Wildman–Crippen LogP) is 0.316. The third-order valence-corrected chi connectivity index (χ3v) is 4.06. The molecule has 1 radical (unpaired) electrons. The normalized spacial score (nSPS) is 17.2. The molecule has 6 heteroatoms. The Morgan fingerprint density at radius 2 is 1.31 bits per heavy atom. The molecule has 0 aromatic carbocycles. The van der Waals surface area contributed by atoms with E-state index in [1.54, 1.807) is 0 Å². The summed E-state index contributed by atoms with van der Waals surface area (Å²) in [7, 11) is 0.750. The van der Waals surface area contributed by atoms with E-state index in [9.17, 15) is 4.79 Å². The van der Waals surface area contributed by atoms with Crippen LogP contribution in [0.4, 0.5) is 0 Å². The molecule has 1 saturated carbocycles. The molecule has 2 rings (SSSR count). The van der Waals surface area contributed by atoms with E-state index in [4.69, 9.17) is 5.73 Å². The van der Waals surface area contributed by atoms with Gasteiger partial charge in [-0.3, -0.25) is 6.08 Å². The smallest absolute Gasteiger partial charge is 1.00 e. The standard InChI is InChI=1S/C13H25NO.C5H5.C2H7Si.2ClH.Zr/c14-13(15)12-10-8-6-4-2-1-3-5-7-9-11-12;1-2-4-5-3-1;1-3-2;;;/h12H,1-11H2,(H2,14,15);1-3H,4H2;3H,1-2H3;2*1H;/q;-1;;;;+4/p-3. The maximum absolute atomic E-state index is 11.1. The molecule has 149 valence electrons. The monoisotopic (exact) mass is 494 g/mol. The fraction of sp³-hybridized carbons (Fsp3) is 0.750. The van der Waals surface area contributed by atoms with Crippen LogP contribution in [0.5, 0.6) is 0 Å². The number of carbonyl (C=O) groups is 1. The van der Waals surface area contributed by atoms with E-state index in [0.717, 1.165) is 41.6 Å². The molecule has 1 amide bonds. The van der Waals surface area contributed by atoms with E-state index < -0.39 is 0 Å². The van der Waals surface area contributed by atoms with Crippen molar-refractivity contribution < 1.29 is 55.8 Å². The summed E-state index contributed by atoms with van der Waals surface area (Å²) in [4.78, 5) is 11.1. The van der Waals surface area contributed by atoms with E-state index in [-0.39, 0.29) is 62.8 Å². The van der Waals surface area contributed by atoms with Crippen molar-refractivity contribution in [3.8, 4) is 0 Å². The fourth-order valence-corrected chi connectivity index (χ4v) is 2.77. The second-order valence-electron chi connectivity index (χ2n) is 6.40. The van der Waals surface area contributed by atoms with E-state index in [0.29, 0.717) is 0 Å². The summed E-state index contributed by atoms with van der Waals surface area (Å²) in [6.07, 6.45) is 23.5. The second-order valence-corrected chi connectivity index (χ2v) is 7.56. The van der Waals surface area contributed by atoms with Gasteiger partial charge in [0.05, 0.1) is 5.91 Å². The first-order valence-electron chi connectivity index (χ1n) is 9.43. The Balaban J connectivity index is -0.000000186. The molecule has 0 aromatic rings. The Morgan fingerprint density at radius 3 is 1.54 bits per heavy atom. The molecule has 0 aromatic heterocycles. The Hall–Kier alpha value is 0.630. The van der Waals surface area contributed by atoms with Gasteiger partial charge in [-0.2, -0.15) is 6.08 Å². The maximum Gasteiger partial charge on any atom is 4.00 e. The molecule has 0 aliphatic heterocycles. The molecular weight excluding hydrogens is 460 g/mol. The van der Waals surface area contributed by atoms with Crippen LogP contribution in [0.15, 0.2) is 18.2 Å². The van der Waals surface area contributed by atoms with Crippen LogP contribution in [0.25, 0.3) is 5.73 Å². The zero-order chi connectivity index (χ0) is 17.2. The summed E-state index contributed by atoms with van der Waals surface area (Å²) in [5.74, 6) is -0.281.